The maximum absolute atomic E-state index is 12.2. The van der Waals surface area contributed by atoms with Gasteiger partial charge >= 0.3 is 0 Å². The van der Waals surface area contributed by atoms with Crippen LogP contribution in [0.4, 0.5) is 11.4 Å². The molecule has 0 aromatic heterocycles. The molecule has 0 bridgehead atoms. The zero-order valence-electron chi connectivity index (χ0n) is 15.4. The SMILES string of the molecule is CCCN(CCC)CCC(=O)Nc1ccc(N2CCCCC2)cc1. The minimum absolute atomic E-state index is 0.109. The van der Waals surface area contributed by atoms with Crippen LogP contribution in [0.1, 0.15) is 52.4 Å². The monoisotopic (exact) mass is 331 g/mol. The van der Waals surface area contributed by atoms with Crippen LogP contribution >= 0.6 is 0 Å². The van der Waals surface area contributed by atoms with Gasteiger partial charge in [0.2, 0.25) is 5.91 Å². The topological polar surface area (TPSA) is 35.6 Å². The van der Waals surface area contributed by atoms with E-state index in [1.165, 1.54) is 24.9 Å². The number of hydrogen-bond donors (Lipinski definition) is 1. The van der Waals surface area contributed by atoms with E-state index in [1.54, 1.807) is 0 Å². The second-order valence-corrected chi connectivity index (χ2v) is 6.73. The molecule has 1 N–H and O–H groups in total. The Kier molecular flexibility index (Phi) is 8.10. The molecule has 0 unspecified atom stereocenters. The van der Waals surface area contributed by atoms with Gasteiger partial charge in [-0.15, -0.1) is 0 Å². The van der Waals surface area contributed by atoms with Crippen LogP contribution in [0.3, 0.4) is 0 Å². The normalized spacial score (nSPS) is 14.9. The molecule has 1 aliphatic rings. The van der Waals surface area contributed by atoms with E-state index in [2.05, 4.69) is 41.1 Å². The van der Waals surface area contributed by atoms with Crippen molar-refractivity contribution in [3.05, 3.63) is 24.3 Å². The number of anilines is 2. The lowest BCUT2D eigenvalue weighted by molar-refractivity contribution is -0.116. The number of benzene rings is 1. The molecule has 4 nitrogen and oxygen atoms in total. The highest BCUT2D eigenvalue weighted by Crippen LogP contribution is 2.21. The number of carbonyl (C=O) groups is 1. The fourth-order valence-electron chi connectivity index (χ4n) is 3.36. The van der Waals surface area contributed by atoms with Crippen molar-refractivity contribution in [1.82, 2.24) is 4.90 Å². The molecule has 1 aromatic carbocycles. The summed E-state index contributed by atoms with van der Waals surface area (Å²) in [5.41, 5.74) is 2.17. The van der Waals surface area contributed by atoms with Crippen LogP contribution in [0.15, 0.2) is 24.3 Å². The van der Waals surface area contributed by atoms with Crippen molar-refractivity contribution in [3.8, 4) is 0 Å². The molecule has 0 saturated carbocycles. The predicted molar refractivity (Wildman–Crippen MR) is 103 cm³/mol. The number of rotatable bonds is 9. The van der Waals surface area contributed by atoms with E-state index in [0.717, 1.165) is 51.3 Å². The Balaban J connectivity index is 1.78. The van der Waals surface area contributed by atoms with Crippen molar-refractivity contribution in [2.45, 2.75) is 52.4 Å². The Morgan fingerprint density at radius 3 is 2.21 bits per heavy atom. The Morgan fingerprint density at radius 1 is 1.00 bits per heavy atom. The van der Waals surface area contributed by atoms with Crippen LogP contribution in [-0.2, 0) is 4.79 Å². The highest BCUT2D eigenvalue weighted by molar-refractivity contribution is 5.91. The molecule has 24 heavy (non-hydrogen) atoms. The lowest BCUT2D eigenvalue weighted by Crippen LogP contribution is -2.29. The summed E-state index contributed by atoms with van der Waals surface area (Å²) in [7, 11) is 0. The lowest BCUT2D eigenvalue weighted by atomic mass is 10.1. The molecule has 0 spiro atoms. The first-order chi connectivity index (χ1) is 11.7. The first kappa shape index (κ1) is 18.8. The smallest absolute Gasteiger partial charge is 0.225 e. The van der Waals surface area contributed by atoms with Gasteiger partial charge in [0.25, 0.3) is 0 Å². The molecule has 0 aliphatic carbocycles. The van der Waals surface area contributed by atoms with Crippen LogP contribution < -0.4 is 10.2 Å². The fourth-order valence-corrected chi connectivity index (χ4v) is 3.36. The Labute approximate surface area is 147 Å². The van der Waals surface area contributed by atoms with Crippen molar-refractivity contribution in [1.29, 1.82) is 0 Å². The number of amides is 1. The second-order valence-electron chi connectivity index (χ2n) is 6.73. The van der Waals surface area contributed by atoms with Gasteiger partial charge in [0, 0.05) is 37.4 Å². The first-order valence-corrected chi connectivity index (χ1v) is 9.60. The summed E-state index contributed by atoms with van der Waals surface area (Å²) in [5.74, 6) is 0.109. The summed E-state index contributed by atoms with van der Waals surface area (Å²) in [6, 6.07) is 8.30. The van der Waals surface area contributed by atoms with Crippen molar-refractivity contribution in [2.24, 2.45) is 0 Å². The van der Waals surface area contributed by atoms with E-state index < -0.39 is 0 Å². The number of piperidine rings is 1. The van der Waals surface area contributed by atoms with Gasteiger partial charge in [0.1, 0.15) is 0 Å². The van der Waals surface area contributed by atoms with E-state index in [1.807, 2.05) is 12.1 Å². The second kappa shape index (κ2) is 10.3. The van der Waals surface area contributed by atoms with Crippen LogP contribution in [0.25, 0.3) is 0 Å². The average Bonchev–Trinajstić information content (AvgIpc) is 2.61. The summed E-state index contributed by atoms with van der Waals surface area (Å²) >= 11 is 0. The maximum atomic E-state index is 12.2. The van der Waals surface area contributed by atoms with E-state index in [0.29, 0.717) is 6.42 Å². The van der Waals surface area contributed by atoms with Gasteiger partial charge in [-0.1, -0.05) is 13.8 Å². The third-order valence-electron chi connectivity index (χ3n) is 4.61. The van der Waals surface area contributed by atoms with Crippen molar-refractivity contribution in [3.63, 3.8) is 0 Å². The molecular weight excluding hydrogens is 298 g/mol. The molecule has 0 radical (unpaired) electrons. The van der Waals surface area contributed by atoms with Crippen molar-refractivity contribution < 1.29 is 4.79 Å². The Bertz CT molecular complexity index is 474. The van der Waals surface area contributed by atoms with E-state index in [4.69, 9.17) is 0 Å². The molecule has 1 heterocycles. The average molecular weight is 332 g/mol. The molecule has 1 fully saturated rings. The maximum Gasteiger partial charge on any atom is 0.225 e. The van der Waals surface area contributed by atoms with Crippen LogP contribution in [0, 0.1) is 0 Å². The van der Waals surface area contributed by atoms with Crippen LogP contribution in [-0.4, -0.2) is 43.5 Å². The van der Waals surface area contributed by atoms with Crippen molar-refractivity contribution >= 4 is 17.3 Å². The third-order valence-corrected chi connectivity index (χ3v) is 4.61. The summed E-state index contributed by atoms with van der Waals surface area (Å²) in [4.78, 5) is 17.0. The molecule has 134 valence electrons. The Hall–Kier alpha value is -1.55. The standard InChI is InChI=1S/C20H33N3O/c1-3-13-22(14-4-2)17-12-20(24)21-18-8-10-19(11-9-18)23-15-6-5-7-16-23/h8-11H,3-7,12-17H2,1-2H3,(H,21,24). The van der Waals surface area contributed by atoms with Gasteiger partial charge in [0.05, 0.1) is 0 Å². The molecule has 1 aliphatic heterocycles. The molecule has 4 heteroatoms. The number of nitrogens with zero attached hydrogens (tertiary/aromatic N) is 2. The number of hydrogen-bond acceptors (Lipinski definition) is 3. The molecule has 2 rings (SSSR count). The van der Waals surface area contributed by atoms with Gasteiger partial charge < -0.3 is 15.1 Å². The van der Waals surface area contributed by atoms with Crippen LogP contribution in [0.5, 0.6) is 0 Å². The van der Waals surface area contributed by atoms with Gasteiger partial charge in [-0.05, 0) is 69.5 Å². The highest BCUT2D eigenvalue weighted by atomic mass is 16.1. The Morgan fingerprint density at radius 2 is 1.62 bits per heavy atom. The quantitative estimate of drug-likeness (QED) is 0.739. The zero-order chi connectivity index (χ0) is 17.2. The fraction of sp³-hybridized carbons (Fsp3) is 0.650. The molecule has 1 amide bonds. The van der Waals surface area contributed by atoms with Gasteiger partial charge in [-0.25, -0.2) is 0 Å². The molecule has 1 aromatic rings. The summed E-state index contributed by atoms with van der Waals surface area (Å²) in [5, 5.41) is 3.03. The van der Waals surface area contributed by atoms with E-state index >= 15 is 0 Å². The molecule has 0 atom stereocenters. The summed E-state index contributed by atoms with van der Waals surface area (Å²) < 4.78 is 0. The largest absolute Gasteiger partial charge is 0.372 e. The van der Waals surface area contributed by atoms with Crippen molar-refractivity contribution in [2.75, 3.05) is 42.9 Å². The van der Waals surface area contributed by atoms with Gasteiger partial charge in [0.15, 0.2) is 0 Å². The third kappa shape index (κ3) is 6.16. The summed E-state index contributed by atoms with van der Waals surface area (Å²) in [6.07, 6.45) is 6.75. The highest BCUT2D eigenvalue weighted by Gasteiger charge is 2.11. The lowest BCUT2D eigenvalue weighted by Gasteiger charge is -2.28. The van der Waals surface area contributed by atoms with E-state index in [9.17, 15) is 4.79 Å². The van der Waals surface area contributed by atoms with Gasteiger partial charge in [-0.2, -0.15) is 0 Å². The van der Waals surface area contributed by atoms with E-state index in [-0.39, 0.29) is 5.91 Å². The summed E-state index contributed by atoms with van der Waals surface area (Å²) in [6.45, 7) is 9.67. The minimum atomic E-state index is 0.109. The first-order valence-electron chi connectivity index (χ1n) is 9.60. The number of nitrogens with one attached hydrogen (secondary N) is 1. The molecular formula is C20H33N3O. The molecule has 1 saturated heterocycles. The number of carbonyl (C=O) groups excluding carboxylic acids is 1. The zero-order valence-corrected chi connectivity index (χ0v) is 15.4. The predicted octanol–water partition coefficient (Wildman–Crippen LogP) is 4.13. The van der Waals surface area contributed by atoms with Crippen LogP contribution in [0.2, 0.25) is 0 Å². The minimum Gasteiger partial charge on any atom is -0.372 e. The van der Waals surface area contributed by atoms with Gasteiger partial charge in [-0.3, -0.25) is 4.79 Å².